The van der Waals surface area contributed by atoms with Gasteiger partial charge in [-0.05, 0) is 27.0 Å². The Labute approximate surface area is 115 Å². The van der Waals surface area contributed by atoms with E-state index in [-0.39, 0.29) is 6.04 Å². The summed E-state index contributed by atoms with van der Waals surface area (Å²) in [6, 6.07) is 6.33. The van der Waals surface area contributed by atoms with Crippen LogP contribution < -0.4 is 4.74 Å². The predicted octanol–water partition coefficient (Wildman–Crippen LogP) is 2.10. The molecule has 1 aliphatic rings. The average Bonchev–Trinajstić information content (AvgIpc) is 2.41. The van der Waals surface area contributed by atoms with Gasteiger partial charge in [0.05, 0.1) is 7.11 Å². The first-order valence-corrected chi connectivity index (χ1v) is 6.84. The topological polar surface area (TPSA) is 35.9 Å². The summed E-state index contributed by atoms with van der Waals surface area (Å²) in [6.07, 6.45) is 0. The quantitative estimate of drug-likeness (QED) is 0.907. The highest BCUT2D eigenvalue weighted by atomic mass is 16.5. The molecule has 2 rings (SSSR count). The van der Waals surface area contributed by atoms with Gasteiger partial charge in [-0.3, -0.25) is 4.90 Å². The minimum Gasteiger partial charge on any atom is -0.507 e. The zero-order valence-electron chi connectivity index (χ0n) is 12.3. The fourth-order valence-electron chi connectivity index (χ4n) is 2.63. The molecule has 4 nitrogen and oxygen atoms in total. The van der Waals surface area contributed by atoms with Crippen LogP contribution in [0.4, 0.5) is 0 Å². The number of hydrogen-bond acceptors (Lipinski definition) is 4. The smallest absolute Gasteiger partial charge is 0.124 e. The standard InChI is InChI=1S/C15H24N2O2/c1-11-10-17(8-7-16(11)3)12(2)14-6-5-13(19-4)9-15(14)18/h5-6,9,11-12,18H,7-8,10H2,1-4H3. The molecule has 2 atom stereocenters. The number of ether oxygens (including phenoxy) is 1. The summed E-state index contributed by atoms with van der Waals surface area (Å²) in [7, 11) is 3.78. The highest BCUT2D eigenvalue weighted by Crippen LogP contribution is 2.32. The van der Waals surface area contributed by atoms with Crippen molar-refractivity contribution in [3.05, 3.63) is 23.8 Å². The molecule has 0 saturated carbocycles. The van der Waals surface area contributed by atoms with Gasteiger partial charge in [-0.15, -0.1) is 0 Å². The van der Waals surface area contributed by atoms with Crippen LogP contribution in [0.15, 0.2) is 18.2 Å². The summed E-state index contributed by atoms with van der Waals surface area (Å²) in [4.78, 5) is 4.79. The number of phenolic OH excluding ortho intramolecular Hbond substituents is 1. The van der Waals surface area contributed by atoms with Crippen LogP contribution in [0, 0.1) is 0 Å². The minimum absolute atomic E-state index is 0.224. The molecule has 2 unspecified atom stereocenters. The molecule has 1 aliphatic heterocycles. The average molecular weight is 264 g/mol. The van der Waals surface area contributed by atoms with Gasteiger partial charge in [0.2, 0.25) is 0 Å². The summed E-state index contributed by atoms with van der Waals surface area (Å²) in [6.45, 7) is 7.53. The molecule has 1 heterocycles. The van der Waals surface area contributed by atoms with Crippen LogP contribution in [0.3, 0.4) is 0 Å². The predicted molar refractivity (Wildman–Crippen MR) is 76.7 cm³/mol. The molecule has 0 aromatic heterocycles. The molecule has 106 valence electrons. The van der Waals surface area contributed by atoms with Gasteiger partial charge in [0.25, 0.3) is 0 Å². The molecular formula is C15H24N2O2. The fourth-order valence-corrected chi connectivity index (χ4v) is 2.63. The van der Waals surface area contributed by atoms with Gasteiger partial charge >= 0.3 is 0 Å². The molecule has 1 fully saturated rings. The normalized spacial score (nSPS) is 23.3. The van der Waals surface area contributed by atoms with Crippen LogP contribution >= 0.6 is 0 Å². The van der Waals surface area contributed by atoms with E-state index >= 15 is 0 Å². The van der Waals surface area contributed by atoms with Crippen molar-refractivity contribution >= 4 is 0 Å². The van der Waals surface area contributed by atoms with E-state index in [1.807, 2.05) is 12.1 Å². The first-order valence-electron chi connectivity index (χ1n) is 6.84. The number of nitrogens with zero attached hydrogens (tertiary/aromatic N) is 2. The molecule has 19 heavy (non-hydrogen) atoms. The minimum atomic E-state index is 0.224. The van der Waals surface area contributed by atoms with Gasteiger partial charge in [0.15, 0.2) is 0 Å². The first kappa shape index (κ1) is 14.2. The molecule has 1 N–H and O–H groups in total. The van der Waals surface area contributed by atoms with Crippen molar-refractivity contribution in [1.29, 1.82) is 0 Å². The van der Waals surface area contributed by atoms with E-state index in [2.05, 4.69) is 30.7 Å². The van der Waals surface area contributed by atoms with E-state index in [0.29, 0.717) is 17.5 Å². The largest absolute Gasteiger partial charge is 0.507 e. The van der Waals surface area contributed by atoms with E-state index in [1.165, 1.54) is 0 Å². The summed E-state index contributed by atoms with van der Waals surface area (Å²) in [5.41, 5.74) is 0.970. The van der Waals surface area contributed by atoms with E-state index in [1.54, 1.807) is 13.2 Å². The van der Waals surface area contributed by atoms with Gasteiger partial charge in [0.1, 0.15) is 11.5 Å². The molecule has 1 saturated heterocycles. The number of piperazine rings is 1. The maximum absolute atomic E-state index is 10.1. The fraction of sp³-hybridized carbons (Fsp3) is 0.600. The Morgan fingerprint density at radius 1 is 1.37 bits per heavy atom. The van der Waals surface area contributed by atoms with Crippen LogP contribution in [0.25, 0.3) is 0 Å². The Hall–Kier alpha value is -1.26. The highest BCUT2D eigenvalue weighted by molar-refractivity contribution is 5.41. The molecule has 0 bridgehead atoms. The number of methoxy groups -OCH3 is 1. The van der Waals surface area contributed by atoms with Crippen LogP contribution in [0.1, 0.15) is 25.5 Å². The third-order valence-corrected chi connectivity index (χ3v) is 4.23. The van der Waals surface area contributed by atoms with E-state index < -0.39 is 0 Å². The maximum atomic E-state index is 10.1. The monoisotopic (exact) mass is 264 g/mol. The number of benzene rings is 1. The lowest BCUT2D eigenvalue weighted by atomic mass is 10.0. The van der Waals surface area contributed by atoms with Gasteiger partial charge in [-0.2, -0.15) is 0 Å². The van der Waals surface area contributed by atoms with Crippen LogP contribution in [0.5, 0.6) is 11.5 Å². The van der Waals surface area contributed by atoms with Gasteiger partial charge < -0.3 is 14.7 Å². The molecule has 1 aromatic carbocycles. The Morgan fingerprint density at radius 3 is 2.68 bits per heavy atom. The van der Waals surface area contributed by atoms with Crippen molar-refractivity contribution in [2.75, 3.05) is 33.8 Å². The second-order valence-corrected chi connectivity index (χ2v) is 5.43. The lowest BCUT2D eigenvalue weighted by molar-refractivity contribution is 0.0766. The molecule has 0 spiro atoms. The Bertz CT molecular complexity index is 436. The number of hydrogen-bond donors (Lipinski definition) is 1. The lowest BCUT2D eigenvalue weighted by Crippen LogP contribution is -2.50. The zero-order chi connectivity index (χ0) is 14.0. The van der Waals surface area contributed by atoms with Crippen molar-refractivity contribution < 1.29 is 9.84 Å². The van der Waals surface area contributed by atoms with E-state index in [9.17, 15) is 5.11 Å². The van der Waals surface area contributed by atoms with Gasteiger partial charge in [-0.1, -0.05) is 6.07 Å². The van der Waals surface area contributed by atoms with Crippen molar-refractivity contribution in [1.82, 2.24) is 9.80 Å². The lowest BCUT2D eigenvalue weighted by Gasteiger charge is -2.41. The second-order valence-electron chi connectivity index (χ2n) is 5.43. The number of rotatable bonds is 3. The number of phenols is 1. The van der Waals surface area contributed by atoms with Crippen LogP contribution in [-0.4, -0.2) is 54.7 Å². The molecule has 1 aromatic rings. The Kier molecular flexibility index (Phi) is 4.32. The molecule has 0 aliphatic carbocycles. The van der Waals surface area contributed by atoms with E-state index in [0.717, 1.165) is 25.2 Å². The molecule has 4 heteroatoms. The second kappa shape index (κ2) is 5.80. The van der Waals surface area contributed by atoms with Gasteiger partial charge in [0, 0.05) is 43.3 Å². The third-order valence-electron chi connectivity index (χ3n) is 4.23. The SMILES string of the molecule is COc1ccc(C(C)N2CCN(C)C(C)C2)c(O)c1. The number of likely N-dealkylation sites (N-methyl/N-ethyl adjacent to an activating group) is 1. The zero-order valence-corrected chi connectivity index (χ0v) is 12.3. The van der Waals surface area contributed by atoms with E-state index in [4.69, 9.17) is 4.74 Å². The van der Waals surface area contributed by atoms with Crippen LogP contribution in [0.2, 0.25) is 0 Å². The molecule has 0 amide bonds. The summed E-state index contributed by atoms with van der Waals surface area (Å²) >= 11 is 0. The third kappa shape index (κ3) is 3.01. The summed E-state index contributed by atoms with van der Waals surface area (Å²) in [5, 5.41) is 10.1. The number of aromatic hydroxyl groups is 1. The van der Waals surface area contributed by atoms with Crippen molar-refractivity contribution in [3.63, 3.8) is 0 Å². The Morgan fingerprint density at radius 2 is 2.11 bits per heavy atom. The molecular weight excluding hydrogens is 240 g/mol. The van der Waals surface area contributed by atoms with Crippen molar-refractivity contribution in [2.45, 2.75) is 25.9 Å². The first-order chi connectivity index (χ1) is 9.02. The maximum Gasteiger partial charge on any atom is 0.124 e. The van der Waals surface area contributed by atoms with Crippen molar-refractivity contribution in [3.8, 4) is 11.5 Å². The van der Waals surface area contributed by atoms with Crippen molar-refractivity contribution in [2.24, 2.45) is 0 Å². The molecule has 0 radical (unpaired) electrons. The van der Waals surface area contributed by atoms with Gasteiger partial charge in [-0.25, -0.2) is 0 Å². The summed E-state index contributed by atoms with van der Waals surface area (Å²) < 4.78 is 5.13. The van der Waals surface area contributed by atoms with Crippen LogP contribution in [-0.2, 0) is 0 Å². The Balaban J connectivity index is 2.13. The highest BCUT2D eigenvalue weighted by Gasteiger charge is 2.26. The summed E-state index contributed by atoms with van der Waals surface area (Å²) in [5.74, 6) is 1.01.